The van der Waals surface area contributed by atoms with Crippen LogP contribution in [-0.4, -0.2) is 50.3 Å². The molecule has 2 rings (SSSR count). The lowest BCUT2D eigenvalue weighted by Crippen LogP contribution is -2.52. The van der Waals surface area contributed by atoms with Crippen molar-refractivity contribution >= 4 is 0 Å². The van der Waals surface area contributed by atoms with Crippen LogP contribution in [0.4, 0.5) is 0 Å². The van der Waals surface area contributed by atoms with Crippen LogP contribution in [0.2, 0.25) is 0 Å². The number of rotatable bonds is 5. The Bertz CT molecular complexity index is 285. The molecule has 0 bridgehead atoms. The van der Waals surface area contributed by atoms with Gasteiger partial charge in [-0.3, -0.25) is 0 Å². The van der Waals surface area contributed by atoms with Gasteiger partial charge in [-0.05, 0) is 51.0 Å². The second-order valence-corrected chi connectivity index (χ2v) is 7.36. The lowest BCUT2D eigenvalue weighted by molar-refractivity contribution is 0.00301. The summed E-state index contributed by atoms with van der Waals surface area (Å²) in [5.74, 6) is 0.812. The summed E-state index contributed by atoms with van der Waals surface area (Å²) in [6, 6.07) is 0.667. The molecule has 1 aliphatic carbocycles. The highest BCUT2D eigenvalue weighted by atomic mass is 16.5. The van der Waals surface area contributed by atoms with Crippen molar-refractivity contribution in [3.05, 3.63) is 0 Å². The summed E-state index contributed by atoms with van der Waals surface area (Å²) >= 11 is 0. The molecule has 2 unspecified atom stereocenters. The molecule has 2 aliphatic rings. The topological polar surface area (TPSA) is 24.5 Å². The Kier molecular flexibility index (Phi) is 5.88. The van der Waals surface area contributed by atoms with Crippen LogP contribution in [0.5, 0.6) is 0 Å². The molecule has 1 heterocycles. The van der Waals surface area contributed by atoms with Gasteiger partial charge in [-0.25, -0.2) is 0 Å². The first-order valence-corrected chi connectivity index (χ1v) is 8.58. The van der Waals surface area contributed by atoms with Crippen LogP contribution < -0.4 is 5.32 Å². The summed E-state index contributed by atoms with van der Waals surface area (Å²) in [6.45, 7) is 11.5. The minimum absolute atomic E-state index is 0.446. The molecule has 0 spiro atoms. The third kappa shape index (κ3) is 3.96. The third-order valence-corrected chi connectivity index (χ3v) is 5.45. The van der Waals surface area contributed by atoms with Crippen molar-refractivity contribution in [3.63, 3.8) is 0 Å². The number of nitrogens with one attached hydrogen (secondary N) is 1. The van der Waals surface area contributed by atoms with Crippen LogP contribution in [-0.2, 0) is 4.74 Å². The van der Waals surface area contributed by atoms with Crippen LogP contribution in [0.3, 0.4) is 0 Å². The molecular weight excluding hydrogens is 248 g/mol. The van der Waals surface area contributed by atoms with Gasteiger partial charge in [-0.15, -0.1) is 0 Å². The van der Waals surface area contributed by atoms with Crippen LogP contribution in [0.1, 0.15) is 52.9 Å². The van der Waals surface area contributed by atoms with Crippen molar-refractivity contribution in [2.45, 2.75) is 65.0 Å². The van der Waals surface area contributed by atoms with E-state index in [2.05, 4.69) is 38.0 Å². The second-order valence-electron chi connectivity index (χ2n) is 7.36. The van der Waals surface area contributed by atoms with E-state index in [0.29, 0.717) is 17.6 Å². The van der Waals surface area contributed by atoms with Gasteiger partial charge in [0.05, 0.1) is 6.10 Å². The quantitative estimate of drug-likeness (QED) is 0.839. The Morgan fingerprint density at radius 3 is 2.50 bits per heavy atom. The van der Waals surface area contributed by atoms with Gasteiger partial charge in [0.1, 0.15) is 0 Å². The zero-order valence-electron chi connectivity index (χ0n) is 14.0. The van der Waals surface area contributed by atoms with E-state index in [0.717, 1.165) is 12.5 Å². The fourth-order valence-corrected chi connectivity index (χ4v) is 4.43. The van der Waals surface area contributed by atoms with E-state index in [1.807, 2.05) is 0 Å². The minimum atomic E-state index is 0.446. The number of ether oxygens (including phenoxy) is 1. The number of likely N-dealkylation sites (tertiary alicyclic amines) is 1. The van der Waals surface area contributed by atoms with Gasteiger partial charge < -0.3 is 15.0 Å². The normalized spacial score (nSPS) is 32.4. The van der Waals surface area contributed by atoms with Gasteiger partial charge in [-0.1, -0.05) is 20.3 Å². The van der Waals surface area contributed by atoms with Gasteiger partial charge in [0, 0.05) is 32.3 Å². The fraction of sp³-hybridized carbons (Fsp3) is 1.00. The zero-order chi connectivity index (χ0) is 14.6. The first-order valence-electron chi connectivity index (χ1n) is 8.58. The molecule has 3 heteroatoms. The highest BCUT2D eigenvalue weighted by molar-refractivity contribution is 4.94. The Morgan fingerprint density at radius 1 is 1.20 bits per heavy atom. The maximum atomic E-state index is 5.76. The Hall–Kier alpha value is -0.120. The molecule has 0 amide bonds. The van der Waals surface area contributed by atoms with E-state index in [1.54, 1.807) is 0 Å². The monoisotopic (exact) mass is 282 g/mol. The molecule has 2 fully saturated rings. The predicted molar refractivity (Wildman–Crippen MR) is 85.1 cm³/mol. The zero-order valence-corrected chi connectivity index (χ0v) is 14.0. The van der Waals surface area contributed by atoms with E-state index in [-0.39, 0.29) is 0 Å². The highest BCUT2D eigenvalue weighted by Gasteiger charge is 2.38. The smallest absolute Gasteiger partial charge is 0.0599 e. The molecule has 0 aromatic rings. The van der Waals surface area contributed by atoms with Crippen LogP contribution >= 0.6 is 0 Å². The summed E-state index contributed by atoms with van der Waals surface area (Å²) in [5.41, 5.74) is 0.446. The third-order valence-electron chi connectivity index (χ3n) is 5.45. The standard InChI is InChI=1S/C17H34N2O/c1-5-20-15-8-11-19(12-9-15)13-14-7-6-10-17(2,3)16(14)18-4/h14-16,18H,5-13H2,1-4H3. The van der Waals surface area contributed by atoms with Crippen molar-refractivity contribution in [2.75, 3.05) is 33.3 Å². The molecule has 1 saturated heterocycles. The molecular formula is C17H34N2O. The number of piperidine rings is 1. The van der Waals surface area contributed by atoms with Crippen LogP contribution in [0.15, 0.2) is 0 Å². The molecule has 1 aliphatic heterocycles. The molecule has 0 radical (unpaired) electrons. The predicted octanol–water partition coefficient (Wildman–Crippen LogP) is 2.90. The molecule has 3 nitrogen and oxygen atoms in total. The SMILES string of the molecule is CCOC1CCN(CC2CCCC(C)(C)C2NC)CC1. The largest absolute Gasteiger partial charge is 0.378 e. The molecule has 20 heavy (non-hydrogen) atoms. The van der Waals surface area contributed by atoms with Crippen molar-refractivity contribution in [1.29, 1.82) is 0 Å². The summed E-state index contributed by atoms with van der Waals surface area (Å²) < 4.78 is 5.76. The fourth-order valence-electron chi connectivity index (χ4n) is 4.43. The number of hydrogen-bond donors (Lipinski definition) is 1. The molecule has 0 aromatic carbocycles. The summed E-state index contributed by atoms with van der Waals surface area (Å²) in [5, 5.41) is 3.61. The maximum Gasteiger partial charge on any atom is 0.0599 e. The van der Waals surface area contributed by atoms with Crippen molar-refractivity contribution in [1.82, 2.24) is 10.2 Å². The van der Waals surface area contributed by atoms with Gasteiger partial charge in [0.15, 0.2) is 0 Å². The van der Waals surface area contributed by atoms with Gasteiger partial charge >= 0.3 is 0 Å². The Labute approximate surface area is 125 Å². The van der Waals surface area contributed by atoms with E-state index in [1.165, 1.54) is 51.7 Å². The number of hydrogen-bond acceptors (Lipinski definition) is 3. The lowest BCUT2D eigenvalue weighted by atomic mass is 9.67. The van der Waals surface area contributed by atoms with Crippen LogP contribution in [0, 0.1) is 11.3 Å². The van der Waals surface area contributed by atoms with Crippen molar-refractivity contribution < 1.29 is 4.74 Å². The molecule has 0 aromatic heterocycles. The van der Waals surface area contributed by atoms with E-state index >= 15 is 0 Å². The highest BCUT2D eigenvalue weighted by Crippen LogP contribution is 2.39. The van der Waals surface area contributed by atoms with Crippen molar-refractivity contribution in [2.24, 2.45) is 11.3 Å². The molecule has 1 saturated carbocycles. The summed E-state index contributed by atoms with van der Waals surface area (Å²) in [7, 11) is 2.14. The summed E-state index contributed by atoms with van der Waals surface area (Å²) in [6.07, 6.45) is 7.09. The van der Waals surface area contributed by atoms with Gasteiger partial charge in [0.2, 0.25) is 0 Å². The average molecular weight is 282 g/mol. The first kappa shape index (κ1) is 16.3. The van der Waals surface area contributed by atoms with Gasteiger partial charge in [0.25, 0.3) is 0 Å². The molecule has 118 valence electrons. The molecule has 2 atom stereocenters. The average Bonchev–Trinajstić information content (AvgIpc) is 2.41. The summed E-state index contributed by atoms with van der Waals surface area (Å²) in [4.78, 5) is 2.67. The van der Waals surface area contributed by atoms with E-state index in [4.69, 9.17) is 4.74 Å². The maximum absolute atomic E-state index is 5.76. The van der Waals surface area contributed by atoms with Crippen molar-refractivity contribution in [3.8, 4) is 0 Å². The van der Waals surface area contributed by atoms with E-state index < -0.39 is 0 Å². The first-order chi connectivity index (χ1) is 9.56. The van der Waals surface area contributed by atoms with Gasteiger partial charge in [-0.2, -0.15) is 0 Å². The second kappa shape index (κ2) is 7.24. The Morgan fingerprint density at radius 2 is 1.90 bits per heavy atom. The Balaban J connectivity index is 1.83. The minimum Gasteiger partial charge on any atom is -0.378 e. The molecule has 1 N–H and O–H groups in total. The van der Waals surface area contributed by atoms with Crippen LogP contribution in [0.25, 0.3) is 0 Å². The van der Waals surface area contributed by atoms with E-state index in [9.17, 15) is 0 Å². The lowest BCUT2D eigenvalue weighted by Gasteiger charge is -2.46. The number of nitrogens with zero attached hydrogens (tertiary/aromatic N) is 1.